The summed E-state index contributed by atoms with van der Waals surface area (Å²) in [5.74, 6) is -0.364. The number of nitrogens with zero attached hydrogens (tertiary/aromatic N) is 3. The molecule has 138 valence electrons. The molecule has 2 heterocycles. The van der Waals surface area contributed by atoms with Gasteiger partial charge in [0.25, 0.3) is 5.56 Å². The third-order valence-electron chi connectivity index (χ3n) is 3.89. The fourth-order valence-electron chi connectivity index (χ4n) is 2.42. The van der Waals surface area contributed by atoms with Crippen LogP contribution >= 0.6 is 23.1 Å². The maximum absolute atomic E-state index is 13.1. The Bertz CT molecular complexity index is 1070. The summed E-state index contributed by atoms with van der Waals surface area (Å²) in [5, 5.41) is 11.2. The zero-order valence-corrected chi connectivity index (χ0v) is 16.0. The van der Waals surface area contributed by atoms with E-state index in [1.807, 2.05) is 11.4 Å². The first-order chi connectivity index (χ1) is 13.0. The Labute approximate surface area is 162 Å². The van der Waals surface area contributed by atoms with Gasteiger partial charge in [0.1, 0.15) is 10.6 Å². The van der Waals surface area contributed by atoms with E-state index in [2.05, 4.69) is 9.97 Å². The molecule has 0 aliphatic carbocycles. The number of aromatic nitrogens is 2. The zero-order chi connectivity index (χ0) is 19.4. The number of amides is 1. The van der Waals surface area contributed by atoms with Gasteiger partial charge in [0.15, 0.2) is 5.16 Å². The molecule has 1 N–H and O–H groups in total. The van der Waals surface area contributed by atoms with Gasteiger partial charge in [-0.25, -0.2) is 9.37 Å². The Balaban J connectivity index is 1.80. The van der Waals surface area contributed by atoms with E-state index in [1.54, 1.807) is 19.2 Å². The van der Waals surface area contributed by atoms with Crippen LogP contribution in [0.2, 0.25) is 0 Å². The van der Waals surface area contributed by atoms with Crippen molar-refractivity contribution in [1.29, 1.82) is 5.26 Å². The highest BCUT2D eigenvalue weighted by Crippen LogP contribution is 2.31. The first-order valence-corrected chi connectivity index (χ1v) is 9.87. The molecule has 0 radical (unpaired) electrons. The van der Waals surface area contributed by atoms with Gasteiger partial charge >= 0.3 is 0 Å². The lowest BCUT2D eigenvalue weighted by atomic mass is 10.1. The Morgan fingerprint density at radius 1 is 1.41 bits per heavy atom. The van der Waals surface area contributed by atoms with Gasteiger partial charge < -0.3 is 9.88 Å². The number of thioether (sulfide) groups is 1. The summed E-state index contributed by atoms with van der Waals surface area (Å²) in [5.41, 5.74) is 1.14. The van der Waals surface area contributed by atoms with Crippen molar-refractivity contribution in [2.75, 3.05) is 19.3 Å². The van der Waals surface area contributed by atoms with Crippen LogP contribution in [0.5, 0.6) is 0 Å². The smallest absolute Gasteiger partial charge is 0.260 e. The normalized spacial score (nSPS) is 10.7. The molecular formula is C18H15FN4O2S2. The summed E-state index contributed by atoms with van der Waals surface area (Å²) >= 11 is 2.47. The Morgan fingerprint density at radius 3 is 2.85 bits per heavy atom. The number of halogens is 1. The fourth-order valence-corrected chi connectivity index (χ4v) is 4.23. The van der Waals surface area contributed by atoms with E-state index in [-0.39, 0.29) is 29.5 Å². The number of carbonyl (C=O) groups is 1. The van der Waals surface area contributed by atoms with E-state index in [0.717, 1.165) is 17.3 Å². The number of thiophene rings is 1. The largest absolute Gasteiger partial charge is 0.344 e. The second kappa shape index (κ2) is 8.33. The molecule has 2 aromatic heterocycles. The molecule has 0 atom stereocenters. The van der Waals surface area contributed by atoms with Gasteiger partial charge in [0.05, 0.1) is 23.6 Å². The van der Waals surface area contributed by atoms with Crippen LogP contribution in [0.3, 0.4) is 0 Å². The van der Waals surface area contributed by atoms with Gasteiger partial charge in [0.2, 0.25) is 5.91 Å². The first-order valence-electron chi connectivity index (χ1n) is 8.00. The fraction of sp³-hybridized carbons (Fsp3) is 0.222. The lowest BCUT2D eigenvalue weighted by molar-refractivity contribution is -0.127. The van der Waals surface area contributed by atoms with E-state index in [1.165, 1.54) is 28.4 Å². The van der Waals surface area contributed by atoms with Crippen molar-refractivity contribution in [3.63, 3.8) is 0 Å². The molecule has 27 heavy (non-hydrogen) atoms. The molecule has 1 amide bonds. The predicted octanol–water partition coefficient (Wildman–Crippen LogP) is 3.25. The number of nitriles is 1. The maximum Gasteiger partial charge on any atom is 0.260 e. The van der Waals surface area contributed by atoms with E-state index in [0.29, 0.717) is 27.5 Å². The van der Waals surface area contributed by atoms with Crippen LogP contribution in [0.25, 0.3) is 21.3 Å². The number of carbonyl (C=O) groups excluding carboxylic acids is 1. The van der Waals surface area contributed by atoms with Gasteiger partial charge in [-0.15, -0.1) is 11.3 Å². The highest BCUT2D eigenvalue weighted by atomic mass is 32.2. The number of fused-ring (bicyclic) bond motifs is 1. The summed E-state index contributed by atoms with van der Waals surface area (Å²) in [4.78, 5) is 33.7. The summed E-state index contributed by atoms with van der Waals surface area (Å²) in [6.07, 6.45) is 0.273. The van der Waals surface area contributed by atoms with Gasteiger partial charge in [0, 0.05) is 24.5 Å². The molecular weight excluding hydrogens is 387 g/mol. The number of nitrogens with one attached hydrogen (secondary N) is 1. The van der Waals surface area contributed by atoms with Crippen molar-refractivity contribution in [2.45, 2.75) is 11.6 Å². The topological polar surface area (TPSA) is 89.8 Å². The van der Waals surface area contributed by atoms with Crippen molar-refractivity contribution in [3.8, 4) is 17.2 Å². The second-order valence-corrected chi connectivity index (χ2v) is 7.54. The van der Waals surface area contributed by atoms with Gasteiger partial charge in [-0.1, -0.05) is 23.9 Å². The number of hydrogen-bond acceptors (Lipinski definition) is 6. The SMILES string of the molecule is CN(CCC#N)C(=O)CSc1nc2scc(-c3ccc(F)cc3)c2c(=O)[nH]1. The number of benzene rings is 1. The van der Waals surface area contributed by atoms with Crippen LogP contribution < -0.4 is 5.56 Å². The predicted molar refractivity (Wildman–Crippen MR) is 104 cm³/mol. The van der Waals surface area contributed by atoms with E-state index in [9.17, 15) is 14.0 Å². The molecule has 0 saturated carbocycles. The Hall–Kier alpha value is -2.70. The number of hydrogen-bond donors (Lipinski definition) is 1. The molecule has 0 unspecified atom stereocenters. The number of aromatic amines is 1. The van der Waals surface area contributed by atoms with Gasteiger partial charge in [-0.3, -0.25) is 9.59 Å². The van der Waals surface area contributed by atoms with E-state index in [4.69, 9.17) is 5.26 Å². The molecule has 3 rings (SSSR count). The minimum atomic E-state index is -0.339. The molecule has 1 aromatic carbocycles. The minimum absolute atomic E-state index is 0.118. The average molecular weight is 402 g/mol. The summed E-state index contributed by atoms with van der Waals surface area (Å²) in [6, 6.07) is 7.93. The highest BCUT2D eigenvalue weighted by Gasteiger charge is 2.15. The molecule has 0 aliphatic heterocycles. The van der Waals surface area contributed by atoms with Crippen LogP contribution in [0.4, 0.5) is 4.39 Å². The summed E-state index contributed by atoms with van der Waals surface area (Å²) in [7, 11) is 1.63. The molecule has 0 bridgehead atoms. The van der Waals surface area contributed by atoms with Gasteiger partial charge in [-0.05, 0) is 17.7 Å². The molecule has 6 nitrogen and oxygen atoms in total. The molecule has 0 spiro atoms. The quantitative estimate of drug-likeness (QED) is 0.505. The second-order valence-electron chi connectivity index (χ2n) is 5.72. The molecule has 9 heteroatoms. The molecule has 3 aromatic rings. The van der Waals surface area contributed by atoms with E-state index >= 15 is 0 Å². The monoisotopic (exact) mass is 402 g/mol. The van der Waals surface area contributed by atoms with Crippen molar-refractivity contribution < 1.29 is 9.18 Å². The Morgan fingerprint density at radius 2 is 2.15 bits per heavy atom. The van der Waals surface area contributed by atoms with Crippen molar-refractivity contribution >= 4 is 39.2 Å². The van der Waals surface area contributed by atoms with Gasteiger partial charge in [-0.2, -0.15) is 5.26 Å². The minimum Gasteiger partial charge on any atom is -0.344 e. The van der Waals surface area contributed by atoms with Crippen molar-refractivity contribution in [2.24, 2.45) is 0 Å². The van der Waals surface area contributed by atoms with Crippen LogP contribution in [0.1, 0.15) is 6.42 Å². The van der Waals surface area contributed by atoms with Crippen LogP contribution in [-0.2, 0) is 4.79 Å². The third-order valence-corrected chi connectivity index (χ3v) is 5.62. The molecule has 0 aliphatic rings. The zero-order valence-electron chi connectivity index (χ0n) is 14.4. The number of rotatable bonds is 6. The van der Waals surface area contributed by atoms with Crippen molar-refractivity contribution in [3.05, 3.63) is 45.8 Å². The average Bonchev–Trinajstić information content (AvgIpc) is 3.09. The summed E-state index contributed by atoms with van der Waals surface area (Å²) in [6.45, 7) is 0.366. The summed E-state index contributed by atoms with van der Waals surface area (Å²) < 4.78 is 13.1. The highest BCUT2D eigenvalue weighted by molar-refractivity contribution is 7.99. The first kappa shape index (κ1) is 19.1. The van der Waals surface area contributed by atoms with Crippen LogP contribution in [0.15, 0.2) is 39.6 Å². The lowest BCUT2D eigenvalue weighted by Gasteiger charge is -2.14. The standard InChI is InChI=1S/C18H15FN4O2S2/c1-23(8-2-7-20)14(24)10-27-18-21-16(25)15-13(9-26-17(15)22-18)11-3-5-12(19)6-4-11/h3-6,9H,2,8,10H2,1H3,(H,21,22,25). The lowest BCUT2D eigenvalue weighted by Crippen LogP contribution is -2.29. The maximum atomic E-state index is 13.1. The molecule has 0 saturated heterocycles. The number of H-pyrrole nitrogens is 1. The van der Waals surface area contributed by atoms with E-state index < -0.39 is 0 Å². The van der Waals surface area contributed by atoms with Crippen molar-refractivity contribution in [1.82, 2.24) is 14.9 Å². The van der Waals surface area contributed by atoms with Crippen LogP contribution in [-0.4, -0.2) is 40.1 Å². The third kappa shape index (κ3) is 4.35. The Kier molecular flexibility index (Phi) is 5.88. The van der Waals surface area contributed by atoms with Crippen LogP contribution in [0, 0.1) is 17.1 Å². The molecule has 0 fully saturated rings.